The van der Waals surface area contributed by atoms with Gasteiger partial charge in [0.1, 0.15) is 23.7 Å². The van der Waals surface area contributed by atoms with Crippen LogP contribution in [0.25, 0.3) is 44.3 Å². The molecular formula is C54H64N8O6. The van der Waals surface area contributed by atoms with Gasteiger partial charge >= 0.3 is 12.2 Å². The Morgan fingerprint density at radius 2 is 1.00 bits per heavy atom. The third kappa shape index (κ3) is 9.29. The van der Waals surface area contributed by atoms with E-state index in [-0.39, 0.29) is 47.6 Å². The Morgan fingerprint density at radius 3 is 1.38 bits per heavy atom. The third-order valence-corrected chi connectivity index (χ3v) is 14.3. The number of imidazole rings is 2. The summed E-state index contributed by atoms with van der Waals surface area (Å²) in [7, 11) is 2.61. The highest BCUT2D eigenvalue weighted by Gasteiger charge is 2.42. The van der Waals surface area contributed by atoms with E-state index in [9.17, 15) is 19.2 Å². The second kappa shape index (κ2) is 19.1. The summed E-state index contributed by atoms with van der Waals surface area (Å²) in [5.74, 6) is 1.56. The molecule has 14 heteroatoms. The van der Waals surface area contributed by atoms with E-state index in [0.717, 1.165) is 83.4 Å². The van der Waals surface area contributed by atoms with Crippen molar-refractivity contribution in [3.63, 3.8) is 0 Å². The molecule has 4 aliphatic carbocycles. The molecule has 2 aliphatic heterocycles. The third-order valence-electron chi connectivity index (χ3n) is 14.3. The van der Waals surface area contributed by atoms with Gasteiger partial charge in [0, 0.05) is 13.1 Å². The minimum Gasteiger partial charge on any atom is -0.453 e. The van der Waals surface area contributed by atoms with Gasteiger partial charge in [-0.3, -0.25) is 9.59 Å². The molecule has 6 atom stereocenters. The van der Waals surface area contributed by atoms with Crippen LogP contribution in [0.4, 0.5) is 9.59 Å². The van der Waals surface area contributed by atoms with Gasteiger partial charge in [0.25, 0.3) is 0 Å². The number of hydrogen-bond acceptors (Lipinski definition) is 8. The number of carbonyl (C=O) groups is 4. The van der Waals surface area contributed by atoms with Crippen LogP contribution in [0, 0.1) is 23.7 Å². The molecule has 2 unspecified atom stereocenters. The number of aromatic nitrogens is 4. The van der Waals surface area contributed by atoms with E-state index >= 15 is 0 Å². The number of carbonyl (C=O) groups excluding carboxylic acids is 4. The lowest BCUT2D eigenvalue weighted by molar-refractivity contribution is -0.136. The highest BCUT2D eigenvalue weighted by Crippen LogP contribution is 2.39. The molecule has 2 fully saturated rings. The SMILES string of the molecule is COC(=O)NC(C(=O)N1C[C@H](C)C[C@H]1c1nc2cc(-c3cc4ccc3CCc3ccc(c(-c5ccc6[nH]c([C@@H]7C[C@@H](C)CN7C(=O)C(NC(=O)OC)C(C)C)nc6c5)c3)CC4)ccc2[nH]1)C(C)C. The monoisotopic (exact) mass is 920 g/mol. The van der Waals surface area contributed by atoms with Gasteiger partial charge in [-0.1, -0.05) is 90.1 Å². The highest BCUT2D eigenvalue weighted by atomic mass is 16.5. The number of benzene rings is 4. The van der Waals surface area contributed by atoms with E-state index in [0.29, 0.717) is 13.1 Å². The summed E-state index contributed by atoms with van der Waals surface area (Å²) in [6, 6.07) is 24.8. The number of likely N-dealkylation sites (tertiary alicyclic amines) is 2. The molecule has 356 valence electrons. The maximum atomic E-state index is 14.0. The molecule has 4 N–H and O–H groups in total. The standard InChI is InChI=1S/C54H64N8O6/c1-29(2)47(59-53(65)67-7)51(63)61-27-31(5)21-45(61)49-55-41-19-17-37(25-43(41)57-49)39-23-33-9-13-35(39)15-11-34-10-14-36(16-12-33)40(24-34)38-18-20-42-44(26-38)58-50(56-42)46-22-32(6)28-62(46)52(64)48(30(3)4)60-54(66)68-8/h9-10,13-14,17-20,23-26,29-32,45-48H,11-12,15-16,21-22,27-28H2,1-8H3,(H,55,57)(H,56,58)(H,59,65)(H,60,66)/t31-,32-,45+,46+,47?,48?/m1/s1. The van der Waals surface area contributed by atoms with Crippen LogP contribution in [-0.4, -0.2) is 93.1 Å². The number of aromatic amines is 2. The van der Waals surface area contributed by atoms with Crippen LogP contribution in [-0.2, 0) is 44.7 Å². The molecule has 2 aromatic heterocycles. The maximum absolute atomic E-state index is 14.0. The first-order valence-electron chi connectivity index (χ1n) is 24.2. The fourth-order valence-electron chi connectivity index (χ4n) is 10.6. The van der Waals surface area contributed by atoms with Crippen molar-refractivity contribution in [2.24, 2.45) is 23.7 Å². The minimum absolute atomic E-state index is 0.118. The predicted molar refractivity (Wildman–Crippen MR) is 263 cm³/mol. The second-order valence-corrected chi connectivity index (χ2v) is 20.1. The van der Waals surface area contributed by atoms with Crippen molar-refractivity contribution in [2.45, 2.75) is 104 Å². The van der Waals surface area contributed by atoms with E-state index in [4.69, 9.17) is 19.4 Å². The Hall–Kier alpha value is -6.70. The summed E-state index contributed by atoms with van der Waals surface area (Å²) in [4.78, 5) is 73.3. The molecule has 2 saturated heterocycles. The lowest BCUT2D eigenvalue weighted by Crippen LogP contribution is -2.51. The van der Waals surface area contributed by atoms with Crippen LogP contribution in [0.15, 0.2) is 72.8 Å². The molecular weight excluding hydrogens is 857 g/mol. The largest absolute Gasteiger partial charge is 0.453 e. The van der Waals surface area contributed by atoms with Crippen LogP contribution in [0.2, 0.25) is 0 Å². The zero-order chi connectivity index (χ0) is 48.0. The average molecular weight is 921 g/mol. The van der Waals surface area contributed by atoms with Crippen molar-refractivity contribution < 1.29 is 28.7 Å². The van der Waals surface area contributed by atoms with Gasteiger partial charge < -0.3 is 39.9 Å². The van der Waals surface area contributed by atoms with Crippen LogP contribution >= 0.6 is 0 Å². The van der Waals surface area contributed by atoms with Gasteiger partial charge in [-0.05, 0) is 131 Å². The first-order valence-corrected chi connectivity index (χ1v) is 24.2. The quantitative estimate of drug-likeness (QED) is 0.105. The van der Waals surface area contributed by atoms with Crippen molar-refractivity contribution in [3.8, 4) is 22.3 Å². The van der Waals surface area contributed by atoms with E-state index in [2.05, 4.69) is 107 Å². The molecule has 4 aromatic carbocycles. The zero-order valence-corrected chi connectivity index (χ0v) is 40.4. The number of ether oxygens (including phenoxy) is 2. The molecule has 0 radical (unpaired) electrons. The summed E-state index contributed by atoms with van der Waals surface area (Å²) < 4.78 is 9.68. The van der Waals surface area contributed by atoms with Crippen molar-refractivity contribution >= 4 is 46.1 Å². The lowest BCUT2D eigenvalue weighted by Gasteiger charge is -2.30. The van der Waals surface area contributed by atoms with Crippen LogP contribution in [0.3, 0.4) is 0 Å². The van der Waals surface area contributed by atoms with Gasteiger partial charge in [-0.15, -0.1) is 0 Å². The first kappa shape index (κ1) is 46.4. The van der Waals surface area contributed by atoms with Gasteiger partial charge in [-0.25, -0.2) is 19.6 Å². The predicted octanol–water partition coefficient (Wildman–Crippen LogP) is 9.24. The molecule has 68 heavy (non-hydrogen) atoms. The van der Waals surface area contributed by atoms with Crippen molar-refractivity contribution in [2.75, 3.05) is 27.3 Å². The number of fused-ring (bicyclic) bond motifs is 2. The van der Waals surface area contributed by atoms with Crippen molar-refractivity contribution in [1.29, 1.82) is 0 Å². The molecule has 0 saturated carbocycles. The number of nitrogens with one attached hydrogen (secondary N) is 4. The van der Waals surface area contributed by atoms with Gasteiger partial charge in [0.15, 0.2) is 0 Å². The van der Waals surface area contributed by atoms with Crippen molar-refractivity contribution in [1.82, 2.24) is 40.4 Å². The second-order valence-electron chi connectivity index (χ2n) is 20.1. The minimum atomic E-state index is -0.705. The number of amides is 4. The molecule has 14 nitrogen and oxygen atoms in total. The zero-order valence-electron chi connectivity index (χ0n) is 40.4. The number of alkyl carbamates (subject to hydrolysis) is 2. The lowest BCUT2D eigenvalue weighted by atomic mass is 9.87. The summed E-state index contributed by atoms with van der Waals surface area (Å²) in [5.41, 5.74) is 13.2. The molecule has 12 rings (SSSR count). The topological polar surface area (TPSA) is 175 Å². The summed E-state index contributed by atoms with van der Waals surface area (Å²) >= 11 is 0. The molecule has 4 amide bonds. The van der Waals surface area contributed by atoms with E-state index in [1.807, 2.05) is 37.5 Å². The van der Waals surface area contributed by atoms with E-state index in [1.165, 1.54) is 47.6 Å². The van der Waals surface area contributed by atoms with E-state index < -0.39 is 24.3 Å². The van der Waals surface area contributed by atoms with Crippen LogP contribution in [0.5, 0.6) is 0 Å². The number of rotatable bonds is 10. The Kier molecular flexibility index (Phi) is 13.1. The molecule has 6 aliphatic rings. The van der Waals surface area contributed by atoms with Crippen LogP contribution in [0.1, 0.15) is 100 Å². The number of hydrogen-bond donors (Lipinski definition) is 4. The Bertz CT molecular complexity index is 2690. The summed E-state index contributed by atoms with van der Waals surface area (Å²) in [6.07, 6.45) is 3.75. The summed E-state index contributed by atoms with van der Waals surface area (Å²) in [5, 5.41) is 5.51. The van der Waals surface area contributed by atoms with Gasteiger partial charge in [0.05, 0.1) is 48.4 Å². The van der Waals surface area contributed by atoms with Gasteiger partial charge in [-0.2, -0.15) is 0 Å². The number of nitrogens with zero attached hydrogens (tertiary/aromatic N) is 4. The fraction of sp³-hybridized carbons (Fsp3) is 0.444. The highest BCUT2D eigenvalue weighted by molar-refractivity contribution is 5.89. The fourth-order valence-corrected chi connectivity index (χ4v) is 10.6. The normalized spacial score (nSPS) is 20.2. The number of aryl methyl sites for hydroxylation is 4. The van der Waals surface area contributed by atoms with Crippen molar-refractivity contribution in [3.05, 3.63) is 107 Å². The average Bonchev–Trinajstić information content (AvgIpc) is 4.13. The summed E-state index contributed by atoms with van der Waals surface area (Å²) in [6.45, 7) is 13.2. The van der Waals surface area contributed by atoms with E-state index in [1.54, 1.807) is 0 Å². The van der Waals surface area contributed by atoms with Crippen LogP contribution < -0.4 is 10.6 Å². The molecule has 6 aromatic rings. The molecule has 4 bridgehead atoms. The Balaban J connectivity index is 0.951. The maximum Gasteiger partial charge on any atom is 0.407 e. The molecule has 0 spiro atoms. The molecule has 4 heterocycles. The Labute approximate surface area is 398 Å². The smallest absolute Gasteiger partial charge is 0.407 e. The number of methoxy groups -OCH3 is 2. The van der Waals surface area contributed by atoms with Gasteiger partial charge in [0.2, 0.25) is 11.8 Å². The Morgan fingerprint density at radius 1 is 0.588 bits per heavy atom. The first-order chi connectivity index (χ1) is 32.7. The number of H-pyrrole nitrogens is 2.